The number of hydrogen-bond acceptors (Lipinski definition) is 2. The molecular formula is C15H31NS. The van der Waals surface area contributed by atoms with Gasteiger partial charge in [-0.2, -0.15) is 11.8 Å². The van der Waals surface area contributed by atoms with Gasteiger partial charge in [0.25, 0.3) is 0 Å². The van der Waals surface area contributed by atoms with Crippen LogP contribution in [0.3, 0.4) is 0 Å². The first-order valence-electron chi connectivity index (χ1n) is 7.55. The highest BCUT2D eigenvalue weighted by Gasteiger charge is 2.25. The lowest BCUT2D eigenvalue weighted by molar-refractivity contribution is 0.393. The van der Waals surface area contributed by atoms with E-state index in [4.69, 9.17) is 0 Å². The first-order chi connectivity index (χ1) is 8.24. The Morgan fingerprint density at radius 3 is 2.76 bits per heavy atom. The zero-order chi connectivity index (χ0) is 12.5. The summed E-state index contributed by atoms with van der Waals surface area (Å²) >= 11 is 2.17. The predicted octanol–water partition coefficient (Wildman–Crippen LogP) is 4.32. The lowest BCUT2D eigenvalue weighted by Gasteiger charge is -2.20. The summed E-state index contributed by atoms with van der Waals surface area (Å²) in [5, 5.41) is 3.73. The Kier molecular flexibility index (Phi) is 8.38. The van der Waals surface area contributed by atoms with E-state index in [0.29, 0.717) is 0 Å². The van der Waals surface area contributed by atoms with Gasteiger partial charge in [0, 0.05) is 6.04 Å². The summed E-state index contributed by atoms with van der Waals surface area (Å²) in [5.74, 6) is 4.57. The fourth-order valence-electron chi connectivity index (χ4n) is 2.64. The zero-order valence-corrected chi connectivity index (χ0v) is 12.8. The van der Waals surface area contributed by atoms with Crippen LogP contribution >= 0.6 is 11.8 Å². The van der Waals surface area contributed by atoms with Gasteiger partial charge in [-0.3, -0.25) is 0 Å². The van der Waals surface area contributed by atoms with Crippen molar-refractivity contribution in [2.45, 2.75) is 65.3 Å². The summed E-state index contributed by atoms with van der Waals surface area (Å²) in [6.07, 6.45) is 8.42. The first kappa shape index (κ1) is 15.4. The van der Waals surface area contributed by atoms with Gasteiger partial charge in [-0.1, -0.05) is 27.2 Å². The molecule has 0 aromatic rings. The summed E-state index contributed by atoms with van der Waals surface area (Å²) in [5.41, 5.74) is 0. The molecule has 0 aromatic carbocycles. The third-order valence-corrected chi connectivity index (χ3v) is 4.84. The van der Waals surface area contributed by atoms with E-state index in [1.807, 2.05) is 0 Å². The van der Waals surface area contributed by atoms with Crippen LogP contribution in [0.15, 0.2) is 0 Å². The molecule has 1 nitrogen and oxygen atoms in total. The van der Waals surface area contributed by atoms with Crippen LogP contribution in [-0.2, 0) is 0 Å². The number of nitrogens with one attached hydrogen (secondary N) is 1. The van der Waals surface area contributed by atoms with Crippen molar-refractivity contribution in [3.8, 4) is 0 Å². The monoisotopic (exact) mass is 257 g/mol. The van der Waals surface area contributed by atoms with Crippen LogP contribution in [0.4, 0.5) is 0 Å². The third kappa shape index (κ3) is 6.71. The molecule has 0 saturated heterocycles. The van der Waals surface area contributed by atoms with Crippen molar-refractivity contribution in [2.75, 3.05) is 18.1 Å². The lowest BCUT2D eigenvalue weighted by Crippen LogP contribution is -2.33. The SMILES string of the molecule is CCCNC1CCCC1CCSCCC(C)C. The van der Waals surface area contributed by atoms with Crippen LogP contribution in [0.25, 0.3) is 0 Å². The Bertz CT molecular complexity index is 182. The van der Waals surface area contributed by atoms with E-state index < -0.39 is 0 Å². The molecule has 0 radical (unpaired) electrons. The zero-order valence-electron chi connectivity index (χ0n) is 12.0. The van der Waals surface area contributed by atoms with Crippen molar-refractivity contribution in [1.29, 1.82) is 0 Å². The molecule has 2 heteroatoms. The number of hydrogen-bond donors (Lipinski definition) is 1. The van der Waals surface area contributed by atoms with Gasteiger partial charge < -0.3 is 5.32 Å². The predicted molar refractivity (Wildman–Crippen MR) is 80.8 cm³/mol. The van der Waals surface area contributed by atoms with Gasteiger partial charge in [-0.05, 0) is 62.0 Å². The molecule has 2 unspecified atom stereocenters. The molecule has 102 valence electrons. The average Bonchev–Trinajstić information content (AvgIpc) is 2.73. The Labute approximate surface area is 113 Å². The van der Waals surface area contributed by atoms with Crippen molar-refractivity contribution < 1.29 is 0 Å². The Morgan fingerprint density at radius 2 is 2.06 bits per heavy atom. The molecule has 0 aromatic heterocycles. The smallest absolute Gasteiger partial charge is 0.00956 e. The lowest BCUT2D eigenvalue weighted by atomic mass is 10.0. The summed E-state index contributed by atoms with van der Waals surface area (Å²) in [6, 6.07) is 0.834. The van der Waals surface area contributed by atoms with E-state index >= 15 is 0 Å². The van der Waals surface area contributed by atoms with E-state index in [2.05, 4.69) is 37.8 Å². The third-order valence-electron chi connectivity index (χ3n) is 3.79. The van der Waals surface area contributed by atoms with Crippen molar-refractivity contribution in [3.63, 3.8) is 0 Å². The van der Waals surface area contributed by atoms with Crippen LogP contribution in [-0.4, -0.2) is 24.1 Å². The summed E-state index contributed by atoms with van der Waals surface area (Å²) in [7, 11) is 0. The highest BCUT2D eigenvalue weighted by Crippen LogP contribution is 2.29. The van der Waals surface area contributed by atoms with Crippen LogP contribution in [0, 0.1) is 11.8 Å². The van der Waals surface area contributed by atoms with Crippen molar-refractivity contribution >= 4 is 11.8 Å². The maximum Gasteiger partial charge on any atom is 0.00956 e. The van der Waals surface area contributed by atoms with Gasteiger partial charge in [0.15, 0.2) is 0 Å². The van der Waals surface area contributed by atoms with E-state index in [9.17, 15) is 0 Å². The number of rotatable bonds is 9. The minimum Gasteiger partial charge on any atom is -0.314 e. The molecule has 1 rings (SSSR count). The average molecular weight is 257 g/mol. The number of thioether (sulfide) groups is 1. The van der Waals surface area contributed by atoms with Gasteiger partial charge in [0.1, 0.15) is 0 Å². The van der Waals surface area contributed by atoms with Crippen molar-refractivity contribution in [1.82, 2.24) is 5.32 Å². The molecular weight excluding hydrogens is 226 g/mol. The van der Waals surface area contributed by atoms with Crippen molar-refractivity contribution in [3.05, 3.63) is 0 Å². The summed E-state index contributed by atoms with van der Waals surface area (Å²) < 4.78 is 0. The highest BCUT2D eigenvalue weighted by atomic mass is 32.2. The second kappa shape index (κ2) is 9.27. The second-order valence-electron chi connectivity index (χ2n) is 5.84. The Balaban J connectivity index is 2.04. The molecule has 0 amide bonds. The van der Waals surface area contributed by atoms with E-state index in [-0.39, 0.29) is 0 Å². The standard InChI is InChI=1S/C15H31NS/c1-4-10-16-15-7-5-6-14(15)9-12-17-11-8-13(2)3/h13-16H,4-12H2,1-3H3. The molecule has 1 aliphatic rings. The van der Waals surface area contributed by atoms with Crippen LogP contribution in [0.2, 0.25) is 0 Å². The molecule has 1 N–H and O–H groups in total. The largest absolute Gasteiger partial charge is 0.314 e. The quantitative estimate of drug-likeness (QED) is 0.617. The summed E-state index contributed by atoms with van der Waals surface area (Å²) in [6.45, 7) is 8.12. The molecule has 1 aliphatic carbocycles. The molecule has 0 bridgehead atoms. The second-order valence-corrected chi connectivity index (χ2v) is 7.06. The van der Waals surface area contributed by atoms with Gasteiger partial charge in [0.2, 0.25) is 0 Å². The molecule has 1 saturated carbocycles. The van der Waals surface area contributed by atoms with Gasteiger partial charge in [-0.15, -0.1) is 0 Å². The Morgan fingerprint density at radius 1 is 1.24 bits per heavy atom. The Hall–Kier alpha value is 0.310. The maximum atomic E-state index is 3.73. The fraction of sp³-hybridized carbons (Fsp3) is 1.00. The minimum absolute atomic E-state index is 0.834. The molecule has 0 spiro atoms. The maximum absolute atomic E-state index is 3.73. The molecule has 17 heavy (non-hydrogen) atoms. The van der Waals surface area contributed by atoms with E-state index in [1.165, 1.54) is 56.6 Å². The summed E-state index contributed by atoms with van der Waals surface area (Å²) in [4.78, 5) is 0. The molecule has 0 aliphatic heterocycles. The van der Waals surface area contributed by atoms with E-state index in [1.54, 1.807) is 0 Å². The molecule has 0 heterocycles. The first-order valence-corrected chi connectivity index (χ1v) is 8.70. The van der Waals surface area contributed by atoms with E-state index in [0.717, 1.165) is 17.9 Å². The van der Waals surface area contributed by atoms with Gasteiger partial charge >= 0.3 is 0 Å². The highest BCUT2D eigenvalue weighted by molar-refractivity contribution is 7.99. The normalized spacial score (nSPS) is 24.7. The molecule has 1 fully saturated rings. The fourth-order valence-corrected chi connectivity index (χ4v) is 3.95. The topological polar surface area (TPSA) is 12.0 Å². The van der Waals surface area contributed by atoms with Crippen molar-refractivity contribution in [2.24, 2.45) is 11.8 Å². The van der Waals surface area contributed by atoms with Crippen LogP contribution < -0.4 is 5.32 Å². The van der Waals surface area contributed by atoms with Gasteiger partial charge in [0.05, 0.1) is 0 Å². The molecule has 2 atom stereocenters. The van der Waals surface area contributed by atoms with Gasteiger partial charge in [-0.25, -0.2) is 0 Å². The minimum atomic E-state index is 0.834. The van der Waals surface area contributed by atoms with Crippen LogP contribution in [0.5, 0.6) is 0 Å². The van der Waals surface area contributed by atoms with Crippen LogP contribution in [0.1, 0.15) is 59.3 Å².